The Morgan fingerprint density at radius 3 is 2.86 bits per heavy atom. The number of carbonyl (C=O) groups excluding carboxylic acids is 1. The second-order valence-electron chi connectivity index (χ2n) is 3.53. The molecule has 1 heterocycles. The molecule has 1 saturated heterocycles. The minimum absolute atomic E-state index is 0.188. The van der Waals surface area contributed by atoms with E-state index in [4.69, 9.17) is 0 Å². The predicted octanol–water partition coefficient (Wildman–Crippen LogP) is -0.391. The molecule has 14 heavy (non-hydrogen) atoms. The van der Waals surface area contributed by atoms with Gasteiger partial charge in [-0.05, 0) is 27.1 Å². The largest absolute Gasteiger partial charge is 0.304 e. The summed E-state index contributed by atoms with van der Waals surface area (Å²) in [7, 11) is 5.48. The first-order valence-corrected chi connectivity index (χ1v) is 4.65. The lowest BCUT2D eigenvalue weighted by Gasteiger charge is -2.22. The number of hydrogen-bond acceptors (Lipinski definition) is 4. The highest BCUT2D eigenvalue weighted by atomic mass is 16.1. The van der Waals surface area contributed by atoms with Gasteiger partial charge in [0.2, 0.25) is 0 Å². The van der Waals surface area contributed by atoms with Gasteiger partial charge in [-0.25, -0.2) is 4.99 Å². The van der Waals surface area contributed by atoms with Crippen LogP contribution in [0.2, 0.25) is 0 Å². The monoisotopic (exact) mass is 196 g/mol. The van der Waals surface area contributed by atoms with Crippen LogP contribution in [0.15, 0.2) is 9.98 Å². The number of hydrogen-bond donors (Lipinski definition) is 1. The normalized spacial score (nSPS) is 26.0. The average molecular weight is 196 g/mol. The van der Waals surface area contributed by atoms with E-state index in [-0.39, 0.29) is 18.0 Å². The number of nitrogens with one attached hydrogen (secondary N) is 1. The minimum atomic E-state index is -0.209. The van der Waals surface area contributed by atoms with E-state index in [0.29, 0.717) is 0 Å². The number of nitrogens with zero attached hydrogens (tertiary/aromatic N) is 3. The summed E-state index contributed by atoms with van der Waals surface area (Å²) in [6.45, 7) is 0.859. The quantitative estimate of drug-likeness (QED) is 0.612. The van der Waals surface area contributed by atoms with Crippen molar-refractivity contribution in [3.63, 3.8) is 0 Å². The molecule has 5 nitrogen and oxygen atoms in total. The predicted molar refractivity (Wildman–Crippen MR) is 54.7 cm³/mol. The third-order valence-electron chi connectivity index (χ3n) is 2.38. The smallest absolute Gasteiger partial charge is 0.273 e. The standard InChI is InChI=1S/C9H16N4O/c1-10-6-12-9(14)8-7(13(2)3)4-5-11-8/h7-8,11H,4-5H2,1-3H3/t7?,8-/m0/s1. The highest BCUT2D eigenvalue weighted by Gasteiger charge is 2.33. The maximum Gasteiger partial charge on any atom is 0.273 e. The van der Waals surface area contributed by atoms with Crippen LogP contribution in [-0.4, -0.2) is 56.6 Å². The summed E-state index contributed by atoms with van der Waals surface area (Å²) < 4.78 is 0. The van der Waals surface area contributed by atoms with Gasteiger partial charge < -0.3 is 10.2 Å². The van der Waals surface area contributed by atoms with E-state index in [1.165, 1.54) is 0 Å². The zero-order valence-corrected chi connectivity index (χ0v) is 8.82. The third-order valence-corrected chi connectivity index (χ3v) is 2.38. The van der Waals surface area contributed by atoms with Crippen molar-refractivity contribution in [1.82, 2.24) is 10.2 Å². The second-order valence-corrected chi connectivity index (χ2v) is 3.53. The fraction of sp³-hybridized carbons (Fsp3) is 0.778. The SMILES string of the molecule is CN=C=NC(=O)[C@H]1NCCC1N(C)C. The molecule has 1 rings (SSSR count). The van der Waals surface area contributed by atoms with E-state index in [0.717, 1.165) is 13.0 Å². The van der Waals surface area contributed by atoms with Crippen molar-refractivity contribution in [3.05, 3.63) is 0 Å². The van der Waals surface area contributed by atoms with Crippen LogP contribution in [0.25, 0.3) is 0 Å². The fourth-order valence-corrected chi connectivity index (χ4v) is 1.67. The van der Waals surface area contributed by atoms with Gasteiger partial charge in [0, 0.05) is 13.1 Å². The molecule has 0 aromatic carbocycles. The van der Waals surface area contributed by atoms with Gasteiger partial charge in [-0.1, -0.05) is 0 Å². The summed E-state index contributed by atoms with van der Waals surface area (Å²) in [5, 5.41) is 3.13. The van der Waals surface area contributed by atoms with Crippen molar-refractivity contribution >= 4 is 11.9 Å². The van der Waals surface area contributed by atoms with Gasteiger partial charge in [0.05, 0.1) is 6.01 Å². The lowest BCUT2D eigenvalue weighted by atomic mass is 10.1. The molecule has 1 N–H and O–H groups in total. The van der Waals surface area contributed by atoms with Gasteiger partial charge in [0.1, 0.15) is 6.04 Å². The molecule has 1 fully saturated rings. The molecule has 0 bridgehead atoms. The topological polar surface area (TPSA) is 57.1 Å². The van der Waals surface area contributed by atoms with Crippen LogP contribution in [0.3, 0.4) is 0 Å². The Morgan fingerprint density at radius 2 is 2.29 bits per heavy atom. The van der Waals surface area contributed by atoms with Crippen molar-refractivity contribution in [2.75, 3.05) is 27.7 Å². The number of likely N-dealkylation sites (N-methyl/N-ethyl adjacent to an activating group) is 1. The Labute approximate surface area is 83.9 Å². The molecule has 78 valence electrons. The van der Waals surface area contributed by atoms with E-state index in [1.807, 2.05) is 19.0 Å². The number of amides is 1. The Bertz CT molecular complexity index is 268. The van der Waals surface area contributed by atoms with Crippen molar-refractivity contribution in [2.45, 2.75) is 18.5 Å². The molecule has 5 heteroatoms. The van der Waals surface area contributed by atoms with Gasteiger partial charge >= 0.3 is 0 Å². The Hall–Kier alpha value is -1.03. The van der Waals surface area contributed by atoms with Gasteiger partial charge in [0.15, 0.2) is 0 Å². The lowest BCUT2D eigenvalue weighted by Crippen LogP contribution is -2.44. The van der Waals surface area contributed by atoms with Crippen LogP contribution < -0.4 is 5.32 Å². The van der Waals surface area contributed by atoms with Crippen LogP contribution >= 0.6 is 0 Å². The zero-order chi connectivity index (χ0) is 10.6. The number of aliphatic imine (C=N–C) groups is 2. The van der Waals surface area contributed by atoms with E-state index in [9.17, 15) is 4.79 Å². The number of carbonyl (C=O) groups is 1. The number of rotatable bonds is 2. The molecule has 0 saturated carbocycles. The average Bonchev–Trinajstić information content (AvgIpc) is 2.62. The Balaban J connectivity index is 2.67. The highest BCUT2D eigenvalue weighted by Crippen LogP contribution is 2.12. The first-order chi connectivity index (χ1) is 6.66. The Kier molecular flexibility index (Phi) is 3.95. The first kappa shape index (κ1) is 11.0. The summed E-state index contributed by atoms with van der Waals surface area (Å²) in [5.41, 5.74) is 0. The molecule has 0 aromatic rings. The summed E-state index contributed by atoms with van der Waals surface area (Å²) in [6, 6.07) is 2.34. The second kappa shape index (κ2) is 5.00. The van der Waals surface area contributed by atoms with Crippen LogP contribution in [0.4, 0.5) is 0 Å². The molecule has 0 aliphatic carbocycles. The molecule has 0 spiro atoms. The highest BCUT2D eigenvalue weighted by molar-refractivity contribution is 5.87. The van der Waals surface area contributed by atoms with Crippen LogP contribution in [0.1, 0.15) is 6.42 Å². The molecular weight excluding hydrogens is 180 g/mol. The van der Waals surface area contributed by atoms with Gasteiger partial charge in [-0.2, -0.15) is 0 Å². The minimum Gasteiger partial charge on any atom is -0.304 e. The van der Waals surface area contributed by atoms with Crippen LogP contribution in [0.5, 0.6) is 0 Å². The molecular formula is C9H16N4O. The summed E-state index contributed by atoms with van der Waals surface area (Å²) in [6.07, 6.45) is 0.974. The molecule has 1 aliphatic rings. The molecule has 0 radical (unpaired) electrons. The van der Waals surface area contributed by atoms with Gasteiger partial charge in [0.25, 0.3) is 5.91 Å². The summed E-state index contributed by atoms with van der Waals surface area (Å²) in [4.78, 5) is 20.7. The van der Waals surface area contributed by atoms with E-state index >= 15 is 0 Å². The molecule has 0 aromatic heterocycles. The summed E-state index contributed by atoms with van der Waals surface area (Å²) >= 11 is 0. The first-order valence-electron chi connectivity index (χ1n) is 4.65. The Morgan fingerprint density at radius 1 is 1.57 bits per heavy atom. The third kappa shape index (κ3) is 2.48. The summed E-state index contributed by atoms with van der Waals surface area (Å²) in [5.74, 6) is -0.188. The fourth-order valence-electron chi connectivity index (χ4n) is 1.67. The van der Waals surface area contributed by atoms with Crippen molar-refractivity contribution in [2.24, 2.45) is 9.98 Å². The molecule has 1 amide bonds. The molecule has 2 atom stereocenters. The lowest BCUT2D eigenvalue weighted by molar-refractivity contribution is -0.120. The van der Waals surface area contributed by atoms with Crippen LogP contribution in [-0.2, 0) is 4.79 Å². The van der Waals surface area contributed by atoms with E-state index in [1.54, 1.807) is 7.05 Å². The maximum atomic E-state index is 11.5. The molecule has 1 aliphatic heterocycles. The van der Waals surface area contributed by atoms with Crippen molar-refractivity contribution in [3.8, 4) is 0 Å². The van der Waals surface area contributed by atoms with E-state index < -0.39 is 0 Å². The van der Waals surface area contributed by atoms with E-state index in [2.05, 4.69) is 21.3 Å². The van der Waals surface area contributed by atoms with Gasteiger partial charge in [-0.15, -0.1) is 4.99 Å². The zero-order valence-electron chi connectivity index (χ0n) is 8.82. The van der Waals surface area contributed by atoms with Crippen molar-refractivity contribution < 1.29 is 4.79 Å². The maximum absolute atomic E-state index is 11.5. The van der Waals surface area contributed by atoms with Crippen LogP contribution in [0, 0.1) is 0 Å². The molecule has 1 unspecified atom stereocenters. The van der Waals surface area contributed by atoms with Gasteiger partial charge in [-0.3, -0.25) is 4.79 Å². The van der Waals surface area contributed by atoms with Crippen molar-refractivity contribution in [1.29, 1.82) is 0 Å².